The molecule has 1 heterocycles. The molecule has 1 unspecified atom stereocenters. The van der Waals surface area contributed by atoms with Gasteiger partial charge in [0.1, 0.15) is 23.0 Å². The van der Waals surface area contributed by atoms with Gasteiger partial charge in [0, 0.05) is 6.04 Å². The molecule has 21 heavy (non-hydrogen) atoms. The van der Waals surface area contributed by atoms with E-state index >= 15 is 0 Å². The Kier molecular flexibility index (Phi) is 5.60. The lowest BCUT2D eigenvalue weighted by Gasteiger charge is -2.16. The molecular weight excluding hydrogens is 300 g/mol. The van der Waals surface area contributed by atoms with Gasteiger partial charge in [0.15, 0.2) is 0 Å². The Hall–Kier alpha value is -2.22. The Morgan fingerprint density at radius 3 is 2.48 bits per heavy atom. The zero-order valence-corrected chi connectivity index (χ0v) is 12.5. The van der Waals surface area contributed by atoms with E-state index in [1.54, 1.807) is 13.8 Å². The van der Waals surface area contributed by atoms with Crippen molar-refractivity contribution in [2.75, 3.05) is 0 Å². The summed E-state index contributed by atoms with van der Waals surface area (Å²) in [5.74, 6) is -1.15. The van der Waals surface area contributed by atoms with Crippen molar-refractivity contribution in [3.8, 4) is 0 Å². The van der Waals surface area contributed by atoms with Gasteiger partial charge in [-0.25, -0.2) is 4.98 Å². The summed E-state index contributed by atoms with van der Waals surface area (Å²) in [6.45, 7) is 5.03. The fourth-order valence-electron chi connectivity index (χ4n) is 1.50. The lowest BCUT2D eigenvalue weighted by atomic mass is 10.2. The third-order valence-corrected chi connectivity index (χ3v) is 2.67. The molecule has 9 heteroatoms. The second kappa shape index (κ2) is 6.98. The van der Waals surface area contributed by atoms with Gasteiger partial charge in [-0.15, -0.1) is 0 Å². The maximum Gasteiger partial charge on any atom is 0.300 e. The zero-order valence-electron chi connectivity index (χ0n) is 11.7. The van der Waals surface area contributed by atoms with Gasteiger partial charge in [-0.05, 0) is 26.8 Å². The summed E-state index contributed by atoms with van der Waals surface area (Å²) in [5, 5.41) is 15.8. The summed E-state index contributed by atoms with van der Waals surface area (Å²) in [7, 11) is 0. The molecule has 0 fully saturated rings. The van der Waals surface area contributed by atoms with Gasteiger partial charge >= 0.3 is 0 Å². The molecule has 0 saturated carbocycles. The van der Waals surface area contributed by atoms with Crippen molar-refractivity contribution in [2.24, 2.45) is 0 Å². The molecule has 0 bridgehead atoms. The predicted molar refractivity (Wildman–Crippen MR) is 76.1 cm³/mol. The minimum absolute atomic E-state index is 0.0509. The lowest BCUT2D eigenvalue weighted by molar-refractivity contribution is -0.385. The molecule has 8 nitrogen and oxygen atoms in total. The van der Waals surface area contributed by atoms with E-state index in [9.17, 15) is 19.7 Å². The monoisotopic (exact) mass is 314 g/mol. The van der Waals surface area contributed by atoms with Crippen LogP contribution in [-0.2, 0) is 4.79 Å². The number of carbonyl (C=O) groups excluding carboxylic acids is 2. The summed E-state index contributed by atoms with van der Waals surface area (Å²) in [6.07, 6.45) is 0.899. The first-order valence-electron chi connectivity index (χ1n) is 6.13. The number of pyridine rings is 1. The molecule has 0 saturated heterocycles. The highest BCUT2D eigenvalue weighted by atomic mass is 35.5. The van der Waals surface area contributed by atoms with Crippen molar-refractivity contribution in [3.05, 3.63) is 33.1 Å². The first-order chi connectivity index (χ1) is 9.72. The van der Waals surface area contributed by atoms with Crippen LogP contribution >= 0.6 is 11.6 Å². The van der Waals surface area contributed by atoms with Crippen molar-refractivity contribution in [2.45, 2.75) is 32.9 Å². The molecular formula is C12H15ClN4O4. The fraction of sp³-hybridized carbons (Fsp3) is 0.417. The van der Waals surface area contributed by atoms with Crippen LogP contribution in [0.3, 0.4) is 0 Å². The highest BCUT2D eigenvalue weighted by Gasteiger charge is 2.24. The van der Waals surface area contributed by atoms with E-state index < -0.39 is 22.6 Å². The molecule has 0 aromatic carbocycles. The van der Waals surface area contributed by atoms with E-state index in [-0.39, 0.29) is 22.7 Å². The van der Waals surface area contributed by atoms with Gasteiger partial charge in [0.2, 0.25) is 5.91 Å². The normalized spacial score (nSPS) is 11.9. The van der Waals surface area contributed by atoms with Gasteiger partial charge < -0.3 is 10.6 Å². The molecule has 0 aliphatic rings. The van der Waals surface area contributed by atoms with Gasteiger partial charge in [-0.1, -0.05) is 11.6 Å². The summed E-state index contributed by atoms with van der Waals surface area (Å²) in [6, 6.07) is 0.162. The molecule has 2 N–H and O–H groups in total. The SMILES string of the molecule is CC(C)NC(=O)C(C)NC(=O)c1cc(Cl)ncc1[N+](=O)[O-]. The van der Waals surface area contributed by atoms with E-state index in [2.05, 4.69) is 15.6 Å². The Morgan fingerprint density at radius 2 is 1.95 bits per heavy atom. The molecule has 0 radical (unpaired) electrons. The third-order valence-electron chi connectivity index (χ3n) is 2.46. The van der Waals surface area contributed by atoms with Crippen LogP contribution in [0.25, 0.3) is 0 Å². The second-order valence-electron chi connectivity index (χ2n) is 4.64. The van der Waals surface area contributed by atoms with Crippen molar-refractivity contribution in [1.29, 1.82) is 0 Å². The second-order valence-corrected chi connectivity index (χ2v) is 5.03. The van der Waals surface area contributed by atoms with Crippen molar-refractivity contribution in [3.63, 3.8) is 0 Å². The average Bonchev–Trinajstić information content (AvgIpc) is 2.37. The van der Waals surface area contributed by atoms with Crippen LogP contribution in [0.15, 0.2) is 12.3 Å². The van der Waals surface area contributed by atoms with Crippen LogP contribution in [0, 0.1) is 10.1 Å². The average molecular weight is 315 g/mol. The molecule has 0 aliphatic heterocycles. The quantitative estimate of drug-likeness (QED) is 0.483. The van der Waals surface area contributed by atoms with Crippen LogP contribution in [0.2, 0.25) is 5.15 Å². The lowest BCUT2D eigenvalue weighted by Crippen LogP contribution is -2.46. The summed E-state index contributed by atoms with van der Waals surface area (Å²) < 4.78 is 0. The highest BCUT2D eigenvalue weighted by Crippen LogP contribution is 2.20. The van der Waals surface area contributed by atoms with E-state index in [4.69, 9.17) is 11.6 Å². The van der Waals surface area contributed by atoms with Gasteiger partial charge in [-0.3, -0.25) is 19.7 Å². The van der Waals surface area contributed by atoms with Crippen molar-refractivity contribution < 1.29 is 14.5 Å². The van der Waals surface area contributed by atoms with E-state index in [1.807, 2.05) is 0 Å². The number of rotatable bonds is 5. The van der Waals surface area contributed by atoms with E-state index in [0.717, 1.165) is 12.3 Å². The minimum Gasteiger partial charge on any atom is -0.352 e. The Labute approximate surface area is 126 Å². The standard InChI is InChI=1S/C12H15ClN4O4/c1-6(2)15-11(18)7(3)16-12(19)8-4-10(13)14-5-9(8)17(20)21/h4-7H,1-3H3,(H,15,18)(H,16,19). The fourth-order valence-corrected chi connectivity index (χ4v) is 1.66. The summed E-state index contributed by atoms with van der Waals surface area (Å²) in [4.78, 5) is 37.4. The Balaban J connectivity index is 2.92. The van der Waals surface area contributed by atoms with Gasteiger partial charge in [0.05, 0.1) is 4.92 Å². The summed E-state index contributed by atoms with van der Waals surface area (Å²) >= 11 is 5.64. The van der Waals surface area contributed by atoms with Crippen LogP contribution in [0.1, 0.15) is 31.1 Å². The van der Waals surface area contributed by atoms with Crippen LogP contribution in [0.4, 0.5) is 5.69 Å². The molecule has 1 rings (SSSR count). The highest BCUT2D eigenvalue weighted by molar-refractivity contribution is 6.29. The number of hydrogen-bond acceptors (Lipinski definition) is 5. The number of amides is 2. The molecule has 0 aliphatic carbocycles. The van der Waals surface area contributed by atoms with E-state index in [1.165, 1.54) is 6.92 Å². The summed E-state index contributed by atoms with van der Waals surface area (Å²) in [5.41, 5.74) is -0.724. The number of hydrogen-bond donors (Lipinski definition) is 2. The van der Waals surface area contributed by atoms with Gasteiger partial charge in [-0.2, -0.15) is 0 Å². The van der Waals surface area contributed by atoms with Crippen LogP contribution in [-0.4, -0.2) is 33.8 Å². The molecule has 1 aromatic rings. The largest absolute Gasteiger partial charge is 0.352 e. The number of nitrogens with one attached hydrogen (secondary N) is 2. The van der Waals surface area contributed by atoms with Crippen molar-refractivity contribution in [1.82, 2.24) is 15.6 Å². The first kappa shape index (κ1) is 16.8. The number of aromatic nitrogens is 1. The van der Waals surface area contributed by atoms with Crippen LogP contribution in [0.5, 0.6) is 0 Å². The number of nitrogens with zero attached hydrogens (tertiary/aromatic N) is 2. The maximum absolute atomic E-state index is 12.0. The third kappa shape index (κ3) is 4.67. The number of halogens is 1. The van der Waals surface area contributed by atoms with Gasteiger partial charge in [0.25, 0.3) is 11.6 Å². The molecule has 1 aromatic heterocycles. The van der Waals surface area contributed by atoms with Crippen LogP contribution < -0.4 is 10.6 Å². The number of carbonyl (C=O) groups is 2. The molecule has 0 spiro atoms. The van der Waals surface area contributed by atoms with Crippen molar-refractivity contribution >= 4 is 29.1 Å². The minimum atomic E-state index is -0.841. The molecule has 114 valence electrons. The van der Waals surface area contributed by atoms with E-state index in [0.29, 0.717) is 0 Å². The smallest absolute Gasteiger partial charge is 0.300 e. The topological polar surface area (TPSA) is 114 Å². The molecule has 2 amide bonds. The molecule has 1 atom stereocenters. The predicted octanol–water partition coefficient (Wildman–Crippen LogP) is 1.29. The zero-order chi connectivity index (χ0) is 16.2. The first-order valence-corrected chi connectivity index (χ1v) is 6.51. The maximum atomic E-state index is 12.0. The Morgan fingerprint density at radius 1 is 1.33 bits per heavy atom. The number of nitro groups is 1. The Bertz CT molecular complexity index is 576.